The number of carboxylic acids is 1. The van der Waals surface area contributed by atoms with E-state index < -0.39 is 12.0 Å². The van der Waals surface area contributed by atoms with Crippen molar-refractivity contribution in [2.75, 3.05) is 0 Å². The zero-order valence-electron chi connectivity index (χ0n) is 10.1. The molecule has 0 bridgehead atoms. The van der Waals surface area contributed by atoms with E-state index >= 15 is 0 Å². The van der Waals surface area contributed by atoms with E-state index in [2.05, 4.69) is 10.3 Å². The number of nitrogens with one attached hydrogen (secondary N) is 1. The number of rotatable bonds is 4. The van der Waals surface area contributed by atoms with Crippen molar-refractivity contribution in [2.24, 2.45) is 0 Å². The number of pyridine rings is 1. The Morgan fingerprint density at radius 2 is 2.32 bits per heavy atom. The molecular weight excluding hydrogens is 270 g/mol. The van der Waals surface area contributed by atoms with Crippen LogP contribution in [0.5, 0.6) is 0 Å². The molecule has 1 atom stereocenters. The second-order valence-electron chi connectivity index (χ2n) is 4.10. The maximum Gasteiger partial charge on any atom is 0.320 e. The summed E-state index contributed by atoms with van der Waals surface area (Å²) in [6.07, 6.45) is 1.49. The van der Waals surface area contributed by atoms with Gasteiger partial charge in [0, 0.05) is 18.8 Å². The molecule has 19 heavy (non-hydrogen) atoms. The molecule has 0 saturated heterocycles. The Morgan fingerprint density at radius 1 is 1.58 bits per heavy atom. The second-order valence-corrected chi connectivity index (χ2v) is 4.54. The lowest BCUT2D eigenvalue weighted by Crippen LogP contribution is -2.33. The van der Waals surface area contributed by atoms with Crippen LogP contribution < -0.4 is 10.9 Å². The first kappa shape index (κ1) is 13.5. The van der Waals surface area contributed by atoms with Gasteiger partial charge in [-0.25, -0.2) is 4.98 Å². The number of aromatic nitrogens is 2. The van der Waals surface area contributed by atoms with E-state index in [1.165, 1.54) is 23.6 Å². The normalized spacial score (nSPS) is 12.5. The van der Waals surface area contributed by atoms with Crippen molar-refractivity contribution in [1.82, 2.24) is 14.7 Å². The Balaban J connectivity index is 2.29. The Bertz CT molecular complexity index is 683. The van der Waals surface area contributed by atoms with Crippen LogP contribution >= 0.6 is 11.6 Å². The van der Waals surface area contributed by atoms with Crippen molar-refractivity contribution in [1.29, 1.82) is 0 Å². The highest BCUT2D eigenvalue weighted by Crippen LogP contribution is 2.08. The van der Waals surface area contributed by atoms with E-state index in [0.29, 0.717) is 16.4 Å². The molecule has 0 amide bonds. The molecule has 7 heteroatoms. The fourth-order valence-electron chi connectivity index (χ4n) is 1.56. The van der Waals surface area contributed by atoms with Gasteiger partial charge in [0.05, 0.1) is 10.7 Å². The van der Waals surface area contributed by atoms with Crippen molar-refractivity contribution in [3.05, 3.63) is 45.5 Å². The maximum atomic E-state index is 11.9. The van der Waals surface area contributed by atoms with Gasteiger partial charge in [0.25, 0.3) is 5.56 Å². The van der Waals surface area contributed by atoms with Crippen LogP contribution in [0.4, 0.5) is 0 Å². The summed E-state index contributed by atoms with van der Waals surface area (Å²) in [5, 5.41) is 12.0. The zero-order chi connectivity index (χ0) is 14.0. The van der Waals surface area contributed by atoms with Crippen molar-refractivity contribution < 1.29 is 9.90 Å². The first-order chi connectivity index (χ1) is 8.97. The summed E-state index contributed by atoms with van der Waals surface area (Å²) in [6.45, 7) is 1.73. The summed E-state index contributed by atoms with van der Waals surface area (Å²) < 4.78 is 1.34. The van der Waals surface area contributed by atoms with Crippen LogP contribution in [-0.4, -0.2) is 26.5 Å². The van der Waals surface area contributed by atoms with Crippen molar-refractivity contribution in [2.45, 2.75) is 19.5 Å². The summed E-state index contributed by atoms with van der Waals surface area (Å²) >= 11 is 5.80. The number of carboxylic acid groups (broad SMARTS) is 1. The largest absolute Gasteiger partial charge is 0.480 e. The molecule has 6 nitrogen and oxygen atoms in total. The molecule has 0 aromatic carbocycles. The molecule has 0 fully saturated rings. The number of aliphatic carboxylic acids is 1. The van der Waals surface area contributed by atoms with Crippen molar-refractivity contribution in [3.63, 3.8) is 0 Å². The van der Waals surface area contributed by atoms with E-state index in [4.69, 9.17) is 16.7 Å². The smallest absolute Gasteiger partial charge is 0.320 e. The molecule has 2 N–H and O–H groups in total. The van der Waals surface area contributed by atoms with E-state index in [9.17, 15) is 9.59 Å². The van der Waals surface area contributed by atoms with Gasteiger partial charge in [-0.1, -0.05) is 11.6 Å². The molecular formula is C12H12ClN3O3. The van der Waals surface area contributed by atoms with Gasteiger partial charge in [0.1, 0.15) is 11.7 Å². The minimum Gasteiger partial charge on any atom is -0.480 e. The van der Waals surface area contributed by atoms with Crippen LogP contribution in [0.15, 0.2) is 29.2 Å². The number of hydrogen-bond acceptors (Lipinski definition) is 4. The maximum absolute atomic E-state index is 11.9. The van der Waals surface area contributed by atoms with Crippen LogP contribution in [-0.2, 0) is 11.3 Å². The van der Waals surface area contributed by atoms with Gasteiger partial charge in [-0.15, -0.1) is 0 Å². The average molecular weight is 282 g/mol. The third-order valence-corrected chi connectivity index (χ3v) is 2.86. The summed E-state index contributed by atoms with van der Waals surface area (Å²) in [5.74, 6) is -0.954. The standard InChI is InChI=1S/C12H12ClN3O3/c1-7(12(18)19)14-5-9-4-11(17)16-6-8(13)2-3-10(16)15-9/h2-4,6-7,14H,5H2,1H3,(H,18,19)/t7-/m1/s1. The molecule has 2 aromatic heterocycles. The summed E-state index contributed by atoms with van der Waals surface area (Å²) in [6, 6.07) is 3.92. The molecule has 100 valence electrons. The minimum absolute atomic E-state index is 0.210. The number of halogens is 1. The van der Waals surface area contributed by atoms with Crippen LogP contribution in [0.3, 0.4) is 0 Å². The monoisotopic (exact) mass is 281 g/mol. The van der Waals surface area contributed by atoms with Crippen LogP contribution in [0, 0.1) is 0 Å². The average Bonchev–Trinajstić information content (AvgIpc) is 2.36. The van der Waals surface area contributed by atoms with E-state index in [1.54, 1.807) is 12.1 Å². The number of nitrogens with zero attached hydrogens (tertiary/aromatic N) is 2. The quantitative estimate of drug-likeness (QED) is 0.870. The molecule has 2 rings (SSSR count). The molecule has 0 aliphatic rings. The van der Waals surface area contributed by atoms with Crippen molar-refractivity contribution in [3.8, 4) is 0 Å². The van der Waals surface area contributed by atoms with Gasteiger partial charge < -0.3 is 5.11 Å². The lowest BCUT2D eigenvalue weighted by Gasteiger charge is -2.09. The van der Waals surface area contributed by atoms with Gasteiger partial charge in [-0.2, -0.15) is 0 Å². The fourth-order valence-corrected chi connectivity index (χ4v) is 1.72. The number of carbonyl (C=O) groups is 1. The highest BCUT2D eigenvalue weighted by molar-refractivity contribution is 6.30. The number of fused-ring (bicyclic) bond motifs is 1. The third-order valence-electron chi connectivity index (χ3n) is 2.64. The molecule has 0 aliphatic carbocycles. The molecule has 0 aliphatic heterocycles. The topological polar surface area (TPSA) is 83.7 Å². The third kappa shape index (κ3) is 3.10. The van der Waals surface area contributed by atoms with E-state index in [1.807, 2.05) is 0 Å². The molecule has 0 saturated carbocycles. The Labute approximate surface area is 113 Å². The molecule has 0 radical (unpaired) electrons. The summed E-state index contributed by atoms with van der Waals surface area (Å²) in [4.78, 5) is 26.8. The van der Waals surface area contributed by atoms with E-state index in [0.717, 1.165) is 0 Å². The lowest BCUT2D eigenvalue weighted by molar-refractivity contribution is -0.139. The first-order valence-electron chi connectivity index (χ1n) is 5.61. The van der Waals surface area contributed by atoms with Gasteiger partial charge in [0.2, 0.25) is 0 Å². The van der Waals surface area contributed by atoms with Gasteiger partial charge in [0.15, 0.2) is 0 Å². The summed E-state index contributed by atoms with van der Waals surface area (Å²) in [7, 11) is 0. The fraction of sp³-hybridized carbons (Fsp3) is 0.250. The van der Waals surface area contributed by atoms with Gasteiger partial charge >= 0.3 is 5.97 Å². The summed E-state index contributed by atoms with van der Waals surface area (Å²) in [5.41, 5.74) is 0.698. The minimum atomic E-state index is -0.954. The highest BCUT2D eigenvalue weighted by atomic mass is 35.5. The van der Waals surface area contributed by atoms with Gasteiger partial charge in [-0.05, 0) is 19.1 Å². The van der Waals surface area contributed by atoms with E-state index in [-0.39, 0.29) is 12.1 Å². The molecule has 0 unspecified atom stereocenters. The number of hydrogen-bond donors (Lipinski definition) is 2. The Morgan fingerprint density at radius 3 is 3.00 bits per heavy atom. The zero-order valence-corrected chi connectivity index (χ0v) is 10.9. The molecule has 0 spiro atoms. The Kier molecular flexibility index (Phi) is 3.82. The molecule has 2 heterocycles. The van der Waals surface area contributed by atoms with Crippen molar-refractivity contribution >= 4 is 23.2 Å². The highest BCUT2D eigenvalue weighted by Gasteiger charge is 2.10. The Hall–Kier alpha value is -1.92. The predicted octanol–water partition coefficient (Wildman–Crippen LogP) is 0.911. The lowest BCUT2D eigenvalue weighted by atomic mass is 10.3. The predicted molar refractivity (Wildman–Crippen MR) is 70.4 cm³/mol. The van der Waals surface area contributed by atoms with Gasteiger partial charge in [-0.3, -0.25) is 19.3 Å². The SMILES string of the molecule is C[C@@H](NCc1cc(=O)n2cc(Cl)ccc2n1)C(=O)O. The second kappa shape index (κ2) is 5.38. The van der Waals surface area contributed by atoms with Crippen LogP contribution in [0.25, 0.3) is 5.65 Å². The van der Waals surface area contributed by atoms with Crippen LogP contribution in [0.2, 0.25) is 5.02 Å². The first-order valence-corrected chi connectivity index (χ1v) is 5.99. The molecule has 2 aromatic rings. The van der Waals surface area contributed by atoms with Crippen LogP contribution in [0.1, 0.15) is 12.6 Å².